The van der Waals surface area contributed by atoms with Crippen LogP contribution in [0.15, 0.2) is 35.3 Å². The molecule has 7 heteroatoms. The Balaban J connectivity index is 1.73. The highest BCUT2D eigenvalue weighted by atomic mass is 16.5. The van der Waals surface area contributed by atoms with Crippen molar-refractivity contribution in [1.82, 2.24) is 19.3 Å². The number of ether oxygens (including phenoxy) is 1. The molecule has 136 valence electrons. The molecule has 3 heterocycles. The molecule has 1 aliphatic rings. The summed E-state index contributed by atoms with van der Waals surface area (Å²) in [7, 11) is 0. The van der Waals surface area contributed by atoms with Crippen molar-refractivity contribution in [2.24, 2.45) is 0 Å². The molecule has 0 radical (unpaired) electrons. The molecule has 0 spiro atoms. The predicted molar refractivity (Wildman–Crippen MR) is 101 cm³/mol. The average Bonchev–Trinajstić information content (AvgIpc) is 3.06. The highest BCUT2D eigenvalue weighted by Gasteiger charge is 2.22. The Morgan fingerprint density at radius 3 is 2.88 bits per heavy atom. The maximum absolute atomic E-state index is 12.8. The minimum Gasteiger partial charge on any atom is -0.494 e. The summed E-state index contributed by atoms with van der Waals surface area (Å²) < 4.78 is 9.19. The first-order valence-electron chi connectivity index (χ1n) is 9.03. The van der Waals surface area contributed by atoms with Crippen molar-refractivity contribution >= 4 is 16.7 Å². The van der Waals surface area contributed by atoms with Crippen LogP contribution >= 0.6 is 0 Å². The van der Waals surface area contributed by atoms with E-state index in [2.05, 4.69) is 16.1 Å². The van der Waals surface area contributed by atoms with Gasteiger partial charge in [-0.15, -0.1) is 0 Å². The second-order valence-electron chi connectivity index (χ2n) is 6.76. The van der Waals surface area contributed by atoms with Gasteiger partial charge in [0, 0.05) is 30.9 Å². The van der Waals surface area contributed by atoms with E-state index < -0.39 is 0 Å². The average molecular weight is 353 g/mol. The second kappa shape index (κ2) is 6.48. The van der Waals surface area contributed by atoms with E-state index in [9.17, 15) is 4.79 Å². The Bertz CT molecular complexity index is 1000. The fourth-order valence-electron chi connectivity index (χ4n) is 3.42. The van der Waals surface area contributed by atoms with E-state index in [1.165, 1.54) is 0 Å². The molecule has 26 heavy (non-hydrogen) atoms. The zero-order chi connectivity index (χ0) is 18.3. The molecule has 1 aromatic carbocycles. The number of hydrogen-bond donors (Lipinski definition) is 0. The van der Waals surface area contributed by atoms with Crippen LogP contribution in [0.5, 0.6) is 5.75 Å². The van der Waals surface area contributed by atoms with Gasteiger partial charge in [0.15, 0.2) is 5.65 Å². The fourth-order valence-corrected chi connectivity index (χ4v) is 3.42. The van der Waals surface area contributed by atoms with Crippen molar-refractivity contribution in [2.45, 2.75) is 39.9 Å². The molecule has 0 saturated carbocycles. The number of anilines is 1. The quantitative estimate of drug-likeness (QED) is 0.721. The van der Waals surface area contributed by atoms with E-state index in [-0.39, 0.29) is 11.6 Å². The molecule has 0 fully saturated rings. The van der Waals surface area contributed by atoms with E-state index in [1.54, 1.807) is 10.8 Å². The smallest absolute Gasteiger partial charge is 0.264 e. The highest BCUT2D eigenvalue weighted by Crippen LogP contribution is 2.25. The van der Waals surface area contributed by atoms with Gasteiger partial charge in [-0.2, -0.15) is 5.10 Å². The third-order valence-electron chi connectivity index (χ3n) is 4.70. The van der Waals surface area contributed by atoms with Crippen LogP contribution in [-0.2, 0) is 13.1 Å². The van der Waals surface area contributed by atoms with Crippen LogP contribution < -0.4 is 15.2 Å². The summed E-state index contributed by atoms with van der Waals surface area (Å²) in [6, 6.07) is 8.21. The highest BCUT2D eigenvalue weighted by molar-refractivity contribution is 5.73. The lowest BCUT2D eigenvalue weighted by molar-refractivity contribution is 0.340. The van der Waals surface area contributed by atoms with Gasteiger partial charge in [0.2, 0.25) is 0 Å². The van der Waals surface area contributed by atoms with Crippen LogP contribution in [0.2, 0.25) is 0 Å². The van der Waals surface area contributed by atoms with Gasteiger partial charge in [-0.3, -0.25) is 9.36 Å². The van der Waals surface area contributed by atoms with Crippen molar-refractivity contribution in [3.8, 4) is 5.75 Å². The normalized spacial score (nSPS) is 14.1. The largest absolute Gasteiger partial charge is 0.494 e. The van der Waals surface area contributed by atoms with Crippen molar-refractivity contribution in [2.75, 3.05) is 18.1 Å². The summed E-state index contributed by atoms with van der Waals surface area (Å²) in [6.07, 6.45) is 1.63. The number of aromatic nitrogens is 4. The summed E-state index contributed by atoms with van der Waals surface area (Å²) >= 11 is 0. The Labute approximate surface area is 151 Å². The van der Waals surface area contributed by atoms with E-state index in [1.807, 2.05) is 43.7 Å². The molecular formula is C19H23N5O2. The van der Waals surface area contributed by atoms with Gasteiger partial charge in [-0.25, -0.2) is 9.67 Å². The minimum atomic E-state index is -0.000355. The zero-order valence-electron chi connectivity index (χ0n) is 15.3. The first-order valence-corrected chi connectivity index (χ1v) is 9.03. The third-order valence-corrected chi connectivity index (χ3v) is 4.70. The number of hydrogen-bond acceptors (Lipinski definition) is 5. The van der Waals surface area contributed by atoms with E-state index in [4.69, 9.17) is 9.72 Å². The van der Waals surface area contributed by atoms with Crippen molar-refractivity contribution in [3.05, 3.63) is 46.6 Å². The molecule has 7 nitrogen and oxygen atoms in total. The standard InChI is InChI=1S/C19H23N5O2/c1-4-26-15-7-5-6-14(10-15)22-8-9-23-17(12-22)21-18-16(19(23)25)11-20-24(18)13(2)3/h5-7,10-11,13H,4,8-9,12H2,1-3H3. The van der Waals surface area contributed by atoms with Crippen LogP contribution in [0.4, 0.5) is 5.69 Å². The van der Waals surface area contributed by atoms with Crippen LogP contribution in [0.1, 0.15) is 32.6 Å². The van der Waals surface area contributed by atoms with Gasteiger partial charge < -0.3 is 9.64 Å². The Morgan fingerprint density at radius 2 is 2.12 bits per heavy atom. The Kier molecular flexibility index (Phi) is 4.14. The predicted octanol–water partition coefficient (Wildman–Crippen LogP) is 2.59. The zero-order valence-corrected chi connectivity index (χ0v) is 15.3. The van der Waals surface area contributed by atoms with Gasteiger partial charge in [0.05, 0.1) is 19.3 Å². The number of rotatable bonds is 4. The minimum absolute atomic E-state index is 0.000355. The van der Waals surface area contributed by atoms with Gasteiger partial charge >= 0.3 is 0 Å². The summed E-state index contributed by atoms with van der Waals surface area (Å²) in [6.45, 7) is 8.65. The van der Waals surface area contributed by atoms with Gasteiger partial charge in [-0.1, -0.05) is 6.07 Å². The van der Waals surface area contributed by atoms with E-state index >= 15 is 0 Å². The lowest BCUT2D eigenvalue weighted by Crippen LogP contribution is -2.40. The molecular weight excluding hydrogens is 330 g/mol. The molecule has 3 aromatic rings. The first-order chi connectivity index (χ1) is 12.6. The van der Waals surface area contributed by atoms with Crippen molar-refractivity contribution in [3.63, 3.8) is 0 Å². The molecule has 0 N–H and O–H groups in total. The second-order valence-corrected chi connectivity index (χ2v) is 6.76. The van der Waals surface area contributed by atoms with E-state index in [0.717, 1.165) is 23.8 Å². The monoisotopic (exact) mass is 353 g/mol. The molecule has 0 atom stereocenters. The lowest BCUT2D eigenvalue weighted by atomic mass is 10.2. The van der Waals surface area contributed by atoms with Gasteiger partial charge in [-0.05, 0) is 32.9 Å². The number of fused-ring (bicyclic) bond motifs is 2. The van der Waals surface area contributed by atoms with Gasteiger partial charge in [0.25, 0.3) is 5.56 Å². The first kappa shape index (κ1) is 16.6. The third kappa shape index (κ3) is 2.73. The lowest BCUT2D eigenvalue weighted by Gasteiger charge is -2.31. The van der Waals surface area contributed by atoms with E-state index in [0.29, 0.717) is 30.7 Å². The molecule has 1 aliphatic heterocycles. The maximum Gasteiger partial charge on any atom is 0.264 e. The summed E-state index contributed by atoms with van der Waals surface area (Å²) in [4.78, 5) is 19.8. The van der Waals surface area contributed by atoms with Crippen molar-refractivity contribution in [1.29, 1.82) is 0 Å². The molecule has 0 bridgehead atoms. The number of nitrogens with zero attached hydrogens (tertiary/aromatic N) is 5. The summed E-state index contributed by atoms with van der Waals surface area (Å²) in [5.41, 5.74) is 1.75. The Hall–Kier alpha value is -2.83. The molecule has 0 unspecified atom stereocenters. The number of benzene rings is 1. The molecule has 0 saturated heterocycles. The summed E-state index contributed by atoms with van der Waals surface area (Å²) in [5, 5.41) is 4.94. The van der Waals surface area contributed by atoms with Crippen LogP contribution in [0, 0.1) is 0 Å². The topological polar surface area (TPSA) is 65.2 Å². The molecule has 2 aromatic heterocycles. The van der Waals surface area contributed by atoms with Crippen LogP contribution in [-0.4, -0.2) is 32.5 Å². The van der Waals surface area contributed by atoms with Crippen molar-refractivity contribution < 1.29 is 4.74 Å². The van der Waals surface area contributed by atoms with Crippen LogP contribution in [0.3, 0.4) is 0 Å². The SMILES string of the molecule is CCOc1cccc(N2CCn3c(nc4c(cnn4C(C)C)c3=O)C2)c1. The van der Waals surface area contributed by atoms with Gasteiger partial charge in [0.1, 0.15) is 17.0 Å². The molecule has 4 rings (SSSR count). The fraction of sp³-hybridized carbons (Fsp3) is 0.421. The summed E-state index contributed by atoms with van der Waals surface area (Å²) in [5.74, 6) is 1.63. The molecule has 0 aliphatic carbocycles. The van der Waals surface area contributed by atoms with Crippen LogP contribution in [0.25, 0.3) is 11.0 Å². The Morgan fingerprint density at radius 1 is 1.27 bits per heavy atom. The molecule has 0 amide bonds. The maximum atomic E-state index is 12.8.